The molecule has 3 rings (SSSR count). The molecular formula is C19H20N2O4. The fraction of sp³-hybridized carbons (Fsp3) is 0.368. The molecule has 0 saturated carbocycles. The molecule has 1 heterocycles. The van der Waals surface area contributed by atoms with Crippen LogP contribution in [0, 0.1) is 17.2 Å². The number of carbonyl (C=O) groups excluding carboxylic acids is 1. The van der Waals surface area contributed by atoms with Gasteiger partial charge in [0.25, 0.3) is 0 Å². The number of rotatable bonds is 3. The maximum absolute atomic E-state index is 12.7. The first-order chi connectivity index (χ1) is 12.0. The van der Waals surface area contributed by atoms with Gasteiger partial charge in [-0.2, -0.15) is 5.26 Å². The average molecular weight is 340 g/mol. The molecule has 0 bridgehead atoms. The number of nitrogens with zero attached hydrogens (tertiary/aromatic N) is 1. The van der Waals surface area contributed by atoms with Gasteiger partial charge in [0, 0.05) is 18.4 Å². The number of allylic oxidation sites excluding steroid dienone is 3. The molecule has 0 spiro atoms. The van der Waals surface area contributed by atoms with Crippen LogP contribution in [0.5, 0.6) is 11.5 Å². The molecule has 25 heavy (non-hydrogen) atoms. The van der Waals surface area contributed by atoms with Crippen LogP contribution in [0.1, 0.15) is 31.2 Å². The molecule has 0 radical (unpaired) electrons. The Morgan fingerprint density at radius 3 is 2.60 bits per heavy atom. The minimum Gasteiger partial charge on any atom is -0.493 e. The maximum Gasteiger partial charge on any atom is 0.205 e. The van der Waals surface area contributed by atoms with Crippen LogP contribution in [0.15, 0.2) is 41.0 Å². The molecular weight excluding hydrogens is 320 g/mol. The molecule has 1 aromatic rings. The average Bonchev–Trinajstić information content (AvgIpc) is 2.59. The summed E-state index contributed by atoms with van der Waals surface area (Å²) in [5, 5.41) is 9.59. The fourth-order valence-corrected chi connectivity index (χ4v) is 3.46. The molecule has 2 N–H and O–H groups in total. The molecule has 1 aromatic carbocycles. The molecule has 0 amide bonds. The van der Waals surface area contributed by atoms with Crippen LogP contribution in [0.4, 0.5) is 0 Å². The largest absolute Gasteiger partial charge is 0.493 e. The van der Waals surface area contributed by atoms with Gasteiger partial charge in [0.05, 0.1) is 20.1 Å². The molecule has 6 heteroatoms. The first-order valence-corrected chi connectivity index (χ1v) is 8.05. The van der Waals surface area contributed by atoms with Crippen LogP contribution < -0.4 is 15.2 Å². The number of ketones is 1. The van der Waals surface area contributed by atoms with E-state index in [1.54, 1.807) is 26.4 Å². The first kappa shape index (κ1) is 16.9. The van der Waals surface area contributed by atoms with Crippen LogP contribution in [0.25, 0.3) is 0 Å². The van der Waals surface area contributed by atoms with Gasteiger partial charge in [-0.25, -0.2) is 0 Å². The van der Waals surface area contributed by atoms with Gasteiger partial charge in [-0.3, -0.25) is 4.79 Å². The molecule has 2 aliphatic rings. The van der Waals surface area contributed by atoms with Crippen LogP contribution in [0.3, 0.4) is 0 Å². The number of ether oxygens (including phenoxy) is 3. The van der Waals surface area contributed by atoms with Gasteiger partial charge in [-0.1, -0.05) is 13.0 Å². The highest BCUT2D eigenvalue weighted by Crippen LogP contribution is 2.45. The van der Waals surface area contributed by atoms with E-state index in [-0.39, 0.29) is 23.2 Å². The predicted molar refractivity (Wildman–Crippen MR) is 90.6 cm³/mol. The second-order valence-corrected chi connectivity index (χ2v) is 6.31. The highest BCUT2D eigenvalue weighted by molar-refractivity contribution is 5.99. The van der Waals surface area contributed by atoms with Gasteiger partial charge in [-0.05, 0) is 23.6 Å². The van der Waals surface area contributed by atoms with E-state index in [1.165, 1.54) is 0 Å². The number of hydrogen-bond acceptors (Lipinski definition) is 6. The zero-order chi connectivity index (χ0) is 18.1. The van der Waals surface area contributed by atoms with E-state index in [2.05, 4.69) is 6.07 Å². The lowest BCUT2D eigenvalue weighted by atomic mass is 9.75. The minimum atomic E-state index is -0.548. The van der Waals surface area contributed by atoms with Crippen molar-refractivity contribution in [3.05, 3.63) is 46.6 Å². The SMILES string of the molecule is COc1ccc(C2C(C#N)=C(N)OC3=C2C(=O)CC(C)C3)cc1OC. The monoisotopic (exact) mass is 340 g/mol. The summed E-state index contributed by atoms with van der Waals surface area (Å²) in [5.41, 5.74) is 7.49. The third-order valence-corrected chi connectivity index (χ3v) is 4.61. The van der Waals surface area contributed by atoms with Crippen molar-refractivity contribution in [1.82, 2.24) is 0 Å². The van der Waals surface area contributed by atoms with Crippen molar-refractivity contribution < 1.29 is 19.0 Å². The standard InChI is InChI=1S/C19H20N2O4/c1-10-6-13(22)18-16(7-10)25-19(21)12(9-20)17(18)11-4-5-14(23-2)15(8-11)24-3/h4-5,8,10,17H,6-7,21H2,1-3H3. The topological polar surface area (TPSA) is 94.6 Å². The van der Waals surface area contributed by atoms with Gasteiger partial charge in [0.2, 0.25) is 5.88 Å². The number of nitrogens with two attached hydrogens (primary N) is 1. The minimum absolute atomic E-state index is 0.00575. The number of nitriles is 1. The van der Waals surface area contributed by atoms with E-state index in [1.807, 2.05) is 13.0 Å². The Labute approximate surface area is 146 Å². The van der Waals surface area contributed by atoms with Crippen molar-refractivity contribution in [3.8, 4) is 17.6 Å². The number of benzene rings is 1. The summed E-state index contributed by atoms with van der Waals surface area (Å²) in [6, 6.07) is 7.45. The summed E-state index contributed by atoms with van der Waals surface area (Å²) < 4.78 is 16.2. The predicted octanol–water partition coefficient (Wildman–Crippen LogP) is 2.76. The van der Waals surface area contributed by atoms with Crippen molar-refractivity contribution in [2.45, 2.75) is 25.7 Å². The van der Waals surface area contributed by atoms with E-state index < -0.39 is 5.92 Å². The van der Waals surface area contributed by atoms with E-state index in [9.17, 15) is 10.1 Å². The first-order valence-electron chi connectivity index (χ1n) is 8.05. The number of carbonyl (C=O) groups is 1. The number of Topliss-reactive ketones (excluding diaryl/α,β-unsaturated/α-hetero) is 1. The van der Waals surface area contributed by atoms with Gasteiger partial charge < -0.3 is 19.9 Å². The zero-order valence-electron chi connectivity index (χ0n) is 14.5. The Balaban J connectivity index is 2.17. The Bertz CT molecular complexity index is 832. The normalized spacial score (nSPS) is 22.9. The maximum atomic E-state index is 12.7. The summed E-state index contributed by atoms with van der Waals surface area (Å²) in [4.78, 5) is 12.7. The molecule has 130 valence electrons. The lowest BCUT2D eigenvalue weighted by Gasteiger charge is -2.33. The Hall–Kier alpha value is -2.94. The van der Waals surface area contributed by atoms with E-state index in [0.29, 0.717) is 35.7 Å². The Kier molecular flexibility index (Phi) is 4.41. The number of hydrogen-bond donors (Lipinski definition) is 1. The van der Waals surface area contributed by atoms with Crippen LogP contribution in [0.2, 0.25) is 0 Å². The number of methoxy groups -OCH3 is 2. The summed E-state index contributed by atoms with van der Waals surface area (Å²) in [5.74, 6) is 1.37. The van der Waals surface area contributed by atoms with Crippen LogP contribution in [-0.2, 0) is 9.53 Å². The van der Waals surface area contributed by atoms with Crippen molar-refractivity contribution in [2.75, 3.05) is 14.2 Å². The van der Waals surface area contributed by atoms with Crippen molar-refractivity contribution in [1.29, 1.82) is 5.26 Å². The fourth-order valence-electron chi connectivity index (χ4n) is 3.46. The third-order valence-electron chi connectivity index (χ3n) is 4.61. The highest BCUT2D eigenvalue weighted by Gasteiger charge is 2.39. The summed E-state index contributed by atoms with van der Waals surface area (Å²) in [7, 11) is 3.09. The van der Waals surface area contributed by atoms with Gasteiger partial charge in [0.15, 0.2) is 17.3 Å². The van der Waals surface area contributed by atoms with Crippen molar-refractivity contribution in [3.63, 3.8) is 0 Å². The summed E-state index contributed by atoms with van der Waals surface area (Å²) in [6.45, 7) is 2.00. The summed E-state index contributed by atoms with van der Waals surface area (Å²) in [6.07, 6.45) is 1.06. The second-order valence-electron chi connectivity index (χ2n) is 6.31. The molecule has 0 aromatic heterocycles. The molecule has 1 aliphatic carbocycles. The Morgan fingerprint density at radius 1 is 1.24 bits per heavy atom. The van der Waals surface area contributed by atoms with Crippen LogP contribution in [-0.4, -0.2) is 20.0 Å². The second kappa shape index (κ2) is 6.52. The zero-order valence-corrected chi connectivity index (χ0v) is 14.5. The summed E-state index contributed by atoms with van der Waals surface area (Å²) >= 11 is 0. The van der Waals surface area contributed by atoms with Gasteiger partial charge in [0.1, 0.15) is 17.4 Å². The van der Waals surface area contributed by atoms with E-state index >= 15 is 0 Å². The molecule has 0 saturated heterocycles. The lowest BCUT2D eigenvalue weighted by molar-refractivity contribution is -0.117. The van der Waals surface area contributed by atoms with Crippen molar-refractivity contribution in [2.24, 2.45) is 11.7 Å². The third kappa shape index (κ3) is 2.82. The molecule has 2 atom stereocenters. The molecule has 6 nitrogen and oxygen atoms in total. The van der Waals surface area contributed by atoms with Gasteiger partial charge >= 0.3 is 0 Å². The highest BCUT2D eigenvalue weighted by atomic mass is 16.5. The smallest absolute Gasteiger partial charge is 0.205 e. The molecule has 2 unspecified atom stereocenters. The van der Waals surface area contributed by atoms with E-state index in [0.717, 1.165) is 5.56 Å². The molecule has 1 aliphatic heterocycles. The quantitative estimate of drug-likeness (QED) is 0.909. The van der Waals surface area contributed by atoms with Gasteiger partial charge in [-0.15, -0.1) is 0 Å². The lowest BCUT2D eigenvalue weighted by Crippen LogP contribution is -2.29. The Morgan fingerprint density at radius 2 is 1.96 bits per heavy atom. The van der Waals surface area contributed by atoms with Crippen LogP contribution >= 0.6 is 0 Å². The van der Waals surface area contributed by atoms with E-state index in [4.69, 9.17) is 19.9 Å². The molecule has 0 fully saturated rings. The van der Waals surface area contributed by atoms with Crippen molar-refractivity contribution >= 4 is 5.78 Å².